The summed E-state index contributed by atoms with van der Waals surface area (Å²) in [5, 5.41) is 7.64. The fourth-order valence-electron chi connectivity index (χ4n) is 1.74. The Morgan fingerprint density at radius 1 is 1.50 bits per heavy atom. The second-order valence-corrected chi connectivity index (χ2v) is 5.24. The van der Waals surface area contributed by atoms with E-state index in [4.69, 9.17) is 18.0 Å². The van der Waals surface area contributed by atoms with Crippen LogP contribution < -0.4 is 5.73 Å². The van der Waals surface area contributed by atoms with Crippen LogP contribution in [0.5, 0.6) is 0 Å². The molecule has 1 atom stereocenters. The van der Waals surface area contributed by atoms with Gasteiger partial charge < -0.3 is 5.73 Å². The summed E-state index contributed by atoms with van der Waals surface area (Å²) in [7, 11) is 0. The zero-order chi connectivity index (χ0) is 11.9. The molecule has 0 aliphatic rings. The van der Waals surface area contributed by atoms with Gasteiger partial charge in [0, 0.05) is 0 Å². The molecule has 2 rings (SSSR count). The molecule has 5 nitrogen and oxygen atoms in total. The number of anilines is 1. The number of nitrogens with one attached hydrogen (secondary N) is 1. The molecule has 0 aliphatic heterocycles. The van der Waals surface area contributed by atoms with Gasteiger partial charge in [-0.15, -0.1) is 16.4 Å². The van der Waals surface area contributed by atoms with Crippen LogP contribution in [0.1, 0.15) is 28.5 Å². The number of H-pyrrole nitrogens is 1. The predicted molar refractivity (Wildman–Crippen MR) is 67.2 cm³/mol. The second-order valence-electron chi connectivity index (χ2n) is 3.62. The Morgan fingerprint density at radius 2 is 2.19 bits per heavy atom. The summed E-state index contributed by atoms with van der Waals surface area (Å²) >= 11 is 6.81. The highest BCUT2D eigenvalue weighted by Gasteiger charge is 2.17. The van der Waals surface area contributed by atoms with Crippen molar-refractivity contribution in [1.82, 2.24) is 19.7 Å². The Kier molecular flexibility index (Phi) is 2.81. The van der Waals surface area contributed by atoms with Gasteiger partial charge in [-0.2, -0.15) is 0 Å². The molecule has 0 aromatic carbocycles. The Bertz CT molecular complexity index is 565. The third-order valence-corrected chi connectivity index (χ3v) is 3.97. The standard InChI is InChI=1S/C9H13N5S2/c1-4-7(16-6(3)11-4)5(2)14-8(10)12-13-9(14)15/h5H,1-3H3,(H2,10,12)(H,13,15). The highest BCUT2D eigenvalue weighted by molar-refractivity contribution is 7.71. The number of hydrogen-bond donors (Lipinski definition) is 2. The van der Waals surface area contributed by atoms with Gasteiger partial charge >= 0.3 is 0 Å². The van der Waals surface area contributed by atoms with Crippen molar-refractivity contribution in [2.45, 2.75) is 26.8 Å². The summed E-state index contributed by atoms with van der Waals surface area (Å²) in [5.74, 6) is 0.406. The lowest BCUT2D eigenvalue weighted by Crippen LogP contribution is -2.10. The molecular weight excluding hydrogens is 242 g/mol. The van der Waals surface area contributed by atoms with Crippen molar-refractivity contribution < 1.29 is 0 Å². The van der Waals surface area contributed by atoms with Crippen molar-refractivity contribution in [2.75, 3.05) is 5.73 Å². The van der Waals surface area contributed by atoms with Gasteiger partial charge in [0.25, 0.3) is 0 Å². The zero-order valence-electron chi connectivity index (χ0n) is 9.31. The normalized spacial score (nSPS) is 12.9. The van der Waals surface area contributed by atoms with E-state index in [0.29, 0.717) is 10.7 Å². The maximum atomic E-state index is 5.77. The summed E-state index contributed by atoms with van der Waals surface area (Å²) in [4.78, 5) is 5.57. The predicted octanol–water partition coefficient (Wildman–Crippen LogP) is 2.21. The molecule has 0 saturated carbocycles. The number of aromatic amines is 1. The monoisotopic (exact) mass is 255 g/mol. The third kappa shape index (κ3) is 1.76. The number of nitrogens with two attached hydrogens (primary N) is 1. The second kappa shape index (κ2) is 3.99. The molecule has 2 heterocycles. The molecule has 0 amide bonds. The van der Waals surface area contributed by atoms with Crippen LogP contribution in [0.3, 0.4) is 0 Å². The van der Waals surface area contributed by atoms with Gasteiger partial charge in [-0.3, -0.25) is 4.57 Å². The van der Waals surface area contributed by atoms with Crippen molar-refractivity contribution in [3.05, 3.63) is 20.3 Å². The first-order valence-corrected chi connectivity index (χ1v) is 6.09. The molecule has 0 fully saturated rings. The Hall–Kier alpha value is -1.21. The van der Waals surface area contributed by atoms with Gasteiger partial charge in [-0.1, -0.05) is 0 Å². The molecule has 86 valence electrons. The van der Waals surface area contributed by atoms with Gasteiger partial charge in [-0.05, 0) is 33.0 Å². The number of thiazole rings is 1. The lowest BCUT2D eigenvalue weighted by atomic mass is 10.2. The van der Waals surface area contributed by atoms with Crippen molar-refractivity contribution in [1.29, 1.82) is 0 Å². The molecule has 7 heteroatoms. The summed E-state index contributed by atoms with van der Waals surface area (Å²) in [6.45, 7) is 6.03. The SMILES string of the molecule is Cc1nc(C)c(C(C)n2c(N)n[nH]c2=S)s1. The van der Waals surface area contributed by atoms with E-state index in [2.05, 4.69) is 15.2 Å². The minimum Gasteiger partial charge on any atom is -0.368 e. The van der Waals surface area contributed by atoms with E-state index >= 15 is 0 Å². The maximum absolute atomic E-state index is 5.77. The number of nitrogen functional groups attached to an aromatic ring is 1. The highest BCUT2D eigenvalue weighted by atomic mass is 32.1. The molecule has 0 bridgehead atoms. The van der Waals surface area contributed by atoms with E-state index < -0.39 is 0 Å². The van der Waals surface area contributed by atoms with Crippen LogP contribution in [0, 0.1) is 18.6 Å². The summed E-state index contributed by atoms with van der Waals surface area (Å²) in [6, 6.07) is 0.0671. The van der Waals surface area contributed by atoms with Crippen molar-refractivity contribution >= 4 is 29.5 Å². The van der Waals surface area contributed by atoms with Crippen LogP contribution in [-0.4, -0.2) is 19.7 Å². The number of aryl methyl sites for hydroxylation is 2. The topological polar surface area (TPSA) is 72.5 Å². The van der Waals surface area contributed by atoms with Gasteiger partial charge in [0.15, 0.2) is 4.77 Å². The van der Waals surface area contributed by atoms with Crippen LogP contribution in [0.15, 0.2) is 0 Å². The number of rotatable bonds is 2. The van der Waals surface area contributed by atoms with E-state index in [1.807, 2.05) is 20.8 Å². The van der Waals surface area contributed by atoms with Gasteiger partial charge in [0.1, 0.15) is 0 Å². The number of nitrogens with zero attached hydrogens (tertiary/aromatic N) is 3. The third-order valence-electron chi connectivity index (χ3n) is 2.44. The first-order valence-electron chi connectivity index (χ1n) is 4.87. The molecular formula is C9H13N5S2. The molecule has 16 heavy (non-hydrogen) atoms. The maximum Gasteiger partial charge on any atom is 0.221 e. The minimum absolute atomic E-state index is 0.0671. The summed E-state index contributed by atoms with van der Waals surface area (Å²) in [5.41, 5.74) is 6.80. The fourth-order valence-corrected chi connectivity index (χ4v) is 3.01. The molecule has 1 unspecified atom stereocenters. The van der Waals surface area contributed by atoms with Crippen LogP contribution in [0.4, 0.5) is 5.95 Å². The van der Waals surface area contributed by atoms with Crippen LogP contribution >= 0.6 is 23.6 Å². The molecule has 0 saturated heterocycles. The first kappa shape index (κ1) is 11.3. The van der Waals surface area contributed by atoms with E-state index in [9.17, 15) is 0 Å². The van der Waals surface area contributed by atoms with E-state index in [1.54, 1.807) is 15.9 Å². The smallest absolute Gasteiger partial charge is 0.221 e. The lowest BCUT2D eigenvalue weighted by molar-refractivity contribution is 0.643. The van der Waals surface area contributed by atoms with Gasteiger partial charge in [0.05, 0.1) is 21.6 Å². The molecule has 0 radical (unpaired) electrons. The zero-order valence-corrected chi connectivity index (χ0v) is 10.9. The Labute approximate surface area is 102 Å². The largest absolute Gasteiger partial charge is 0.368 e. The number of hydrogen-bond acceptors (Lipinski definition) is 5. The lowest BCUT2D eigenvalue weighted by Gasteiger charge is -2.12. The molecule has 2 aromatic heterocycles. The molecule has 3 N–H and O–H groups in total. The molecule has 2 aromatic rings. The van der Waals surface area contributed by atoms with Crippen molar-refractivity contribution in [3.8, 4) is 0 Å². The quantitative estimate of drug-likeness (QED) is 0.807. The highest BCUT2D eigenvalue weighted by Crippen LogP contribution is 2.28. The first-order chi connectivity index (χ1) is 7.50. The van der Waals surface area contributed by atoms with E-state index in [1.165, 1.54) is 4.88 Å². The van der Waals surface area contributed by atoms with Gasteiger partial charge in [0.2, 0.25) is 5.95 Å². The average Bonchev–Trinajstić information content (AvgIpc) is 2.70. The van der Waals surface area contributed by atoms with Crippen LogP contribution in [0.25, 0.3) is 0 Å². The fraction of sp³-hybridized carbons (Fsp3) is 0.444. The average molecular weight is 255 g/mol. The Balaban J connectivity index is 2.51. The minimum atomic E-state index is 0.0671. The van der Waals surface area contributed by atoms with E-state index in [0.717, 1.165) is 10.7 Å². The van der Waals surface area contributed by atoms with Crippen molar-refractivity contribution in [2.24, 2.45) is 0 Å². The summed E-state index contributed by atoms with van der Waals surface area (Å²) < 4.78 is 2.34. The van der Waals surface area contributed by atoms with Crippen LogP contribution in [0.2, 0.25) is 0 Å². The van der Waals surface area contributed by atoms with Crippen molar-refractivity contribution in [3.63, 3.8) is 0 Å². The summed E-state index contributed by atoms with van der Waals surface area (Å²) in [6.07, 6.45) is 0. The van der Waals surface area contributed by atoms with Crippen LogP contribution in [-0.2, 0) is 0 Å². The number of aromatic nitrogens is 4. The van der Waals surface area contributed by atoms with Gasteiger partial charge in [-0.25, -0.2) is 10.1 Å². The van der Waals surface area contributed by atoms with E-state index in [-0.39, 0.29) is 6.04 Å². The molecule has 0 aliphatic carbocycles. The molecule has 0 spiro atoms. The Morgan fingerprint density at radius 3 is 2.62 bits per heavy atom.